The highest BCUT2D eigenvalue weighted by molar-refractivity contribution is 4.81. The first kappa shape index (κ1) is 9.40. The van der Waals surface area contributed by atoms with Gasteiger partial charge in [-0.1, -0.05) is 12.2 Å². The van der Waals surface area contributed by atoms with Gasteiger partial charge in [-0.05, 0) is 12.8 Å². The summed E-state index contributed by atoms with van der Waals surface area (Å²) in [5, 5.41) is 8.96. The third-order valence-electron chi connectivity index (χ3n) is 1.42. The van der Waals surface area contributed by atoms with Gasteiger partial charge in [0.05, 0.1) is 0 Å². The number of hydrogen-bond donors (Lipinski definition) is 2. The minimum absolute atomic E-state index is 0.0787. The highest BCUT2D eigenvalue weighted by Gasteiger charge is 2.10. The standard InChI is InChI=1S/C8H15NO/c1-3-5-7(6-4-2)8(9)10/h3-4,7-8,10H,1-2,5-6,9H2. The monoisotopic (exact) mass is 141 g/mol. The smallest absolute Gasteiger partial charge is 0.105 e. The third-order valence-corrected chi connectivity index (χ3v) is 1.42. The van der Waals surface area contributed by atoms with Crippen LogP contribution in [0.5, 0.6) is 0 Å². The molecule has 3 N–H and O–H groups in total. The summed E-state index contributed by atoms with van der Waals surface area (Å²) in [6.45, 7) is 7.13. The van der Waals surface area contributed by atoms with Crippen molar-refractivity contribution in [3.63, 3.8) is 0 Å². The molecule has 2 nitrogen and oxygen atoms in total. The number of allylic oxidation sites excluding steroid dienone is 2. The molecule has 0 aliphatic rings. The van der Waals surface area contributed by atoms with Crippen molar-refractivity contribution in [1.82, 2.24) is 0 Å². The molecule has 1 atom stereocenters. The lowest BCUT2D eigenvalue weighted by atomic mass is 10.0. The van der Waals surface area contributed by atoms with Crippen LogP contribution >= 0.6 is 0 Å². The van der Waals surface area contributed by atoms with Crippen molar-refractivity contribution in [3.05, 3.63) is 25.3 Å². The van der Waals surface area contributed by atoms with Gasteiger partial charge in [-0.15, -0.1) is 13.2 Å². The number of hydrogen-bond acceptors (Lipinski definition) is 2. The Labute approximate surface area is 62.0 Å². The Morgan fingerprint density at radius 2 is 1.70 bits per heavy atom. The van der Waals surface area contributed by atoms with Gasteiger partial charge >= 0.3 is 0 Å². The van der Waals surface area contributed by atoms with Crippen LogP contribution in [0, 0.1) is 5.92 Å². The maximum Gasteiger partial charge on any atom is 0.105 e. The van der Waals surface area contributed by atoms with Crippen LogP contribution < -0.4 is 5.73 Å². The van der Waals surface area contributed by atoms with E-state index in [9.17, 15) is 0 Å². The minimum Gasteiger partial charge on any atom is -0.379 e. The van der Waals surface area contributed by atoms with Gasteiger partial charge in [-0.2, -0.15) is 0 Å². The third kappa shape index (κ3) is 3.43. The molecule has 0 radical (unpaired) electrons. The van der Waals surface area contributed by atoms with E-state index in [1.807, 2.05) is 0 Å². The predicted molar refractivity (Wildman–Crippen MR) is 43.3 cm³/mol. The molecule has 0 amide bonds. The molecule has 2 heteroatoms. The van der Waals surface area contributed by atoms with Crippen LogP contribution in [-0.2, 0) is 0 Å². The topological polar surface area (TPSA) is 46.2 Å². The minimum atomic E-state index is -0.754. The first-order valence-corrected chi connectivity index (χ1v) is 3.37. The lowest BCUT2D eigenvalue weighted by Crippen LogP contribution is -2.28. The van der Waals surface area contributed by atoms with Crippen LogP contribution in [0.2, 0.25) is 0 Å². The van der Waals surface area contributed by atoms with Gasteiger partial charge in [0, 0.05) is 5.92 Å². The molecule has 0 spiro atoms. The molecule has 0 aromatic heterocycles. The zero-order valence-electron chi connectivity index (χ0n) is 6.16. The fourth-order valence-corrected chi connectivity index (χ4v) is 0.803. The summed E-state index contributed by atoms with van der Waals surface area (Å²) in [5.41, 5.74) is 5.27. The zero-order chi connectivity index (χ0) is 7.98. The largest absolute Gasteiger partial charge is 0.379 e. The molecule has 0 fully saturated rings. The van der Waals surface area contributed by atoms with E-state index in [4.69, 9.17) is 10.8 Å². The van der Waals surface area contributed by atoms with Gasteiger partial charge < -0.3 is 10.8 Å². The SMILES string of the molecule is C=CCC(CC=C)C(N)O. The summed E-state index contributed by atoms with van der Waals surface area (Å²) in [6.07, 6.45) is 4.23. The average molecular weight is 141 g/mol. The van der Waals surface area contributed by atoms with E-state index in [2.05, 4.69) is 13.2 Å². The van der Waals surface area contributed by atoms with Crippen molar-refractivity contribution < 1.29 is 5.11 Å². The summed E-state index contributed by atoms with van der Waals surface area (Å²) >= 11 is 0. The highest BCUT2D eigenvalue weighted by Crippen LogP contribution is 2.11. The lowest BCUT2D eigenvalue weighted by molar-refractivity contribution is 0.116. The van der Waals surface area contributed by atoms with E-state index < -0.39 is 6.23 Å². The Kier molecular flexibility index (Phi) is 4.89. The predicted octanol–water partition coefficient (Wildman–Crippen LogP) is 1.03. The quantitative estimate of drug-likeness (QED) is 0.443. The van der Waals surface area contributed by atoms with Crippen molar-refractivity contribution in [2.45, 2.75) is 19.1 Å². The van der Waals surface area contributed by atoms with Crippen LogP contribution in [0.25, 0.3) is 0 Å². The molecule has 0 saturated heterocycles. The fourth-order valence-electron chi connectivity index (χ4n) is 0.803. The van der Waals surface area contributed by atoms with Crippen molar-refractivity contribution in [2.75, 3.05) is 0 Å². The van der Waals surface area contributed by atoms with Crippen LogP contribution in [0.4, 0.5) is 0 Å². The van der Waals surface area contributed by atoms with E-state index in [0.29, 0.717) is 0 Å². The summed E-state index contributed by atoms with van der Waals surface area (Å²) in [7, 11) is 0. The lowest BCUT2D eigenvalue weighted by Gasteiger charge is -2.15. The fraction of sp³-hybridized carbons (Fsp3) is 0.500. The van der Waals surface area contributed by atoms with E-state index in [1.54, 1.807) is 12.2 Å². The van der Waals surface area contributed by atoms with E-state index >= 15 is 0 Å². The number of rotatable bonds is 5. The molecule has 58 valence electrons. The molecule has 0 saturated carbocycles. The molecule has 1 unspecified atom stereocenters. The van der Waals surface area contributed by atoms with Crippen molar-refractivity contribution >= 4 is 0 Å². The van der Waals surface area contributed by atoms with Gasteiger partial charge in [0.25, 0.3) is 0 Å². The maximum absolute atomic E-state index is 8.96. The second-order valence-electron chi connectivity index (χ2n) is 2.30. The van der Waals surface area contributed by atoms with E-state index in [0.717, 1.165) is 12.8 Å². The van der Waals surface area contributed by atoms with E-state index in [-0.39, 0.29) is 5.92 Å². The molecular formula is C8H15NO. The molecular weight excluding hydrogens is 126 g/mol. The van der Waals surface area contributed by atoms with Gasteiger partial charge in [-0.25, -0.2) is 0 Å². The number of nitrogens with two attached hydrogens (primary N) is 1. The van der Waals surface area contributed by atoms with Crippen molar-refractivity contribution in [3.8, 4) is 0 Å². The number of aliphatic hydroxyl groups is 1. The van der Waals surface area contributed by atoms with Crippen LogP contribution in [0.15, 0.2) is 25.3 Å². The van der Waals surface area contributed by atoms with Gasteiger partial charge in [0.15, 0.2) is 0 Å². The molecule has 0 aromatic carbocycles. The van der Waals surface area contributed by atoms with Crippen molar-refractivity contribution in [2.24, 2.45) is 11.7 Å². The summed E-state index contributed by atoms with van der Waals surface area (Å²) < 4.78 is 0. The Morgan fingerprint density at radius 3 is 1.90 bits per heavy atom. The molecule has 10 heavy (non-hydrogen) atoms. The Bertz CT molecular complexity index is 99.8. The van der Waals surface area contributed by atoms with Crippen LogP contribution in [0.3, 0.4) is 0 Å². The van der Waals surface area contributed by atoms with E-state index in [1.165, 1.54) is 0 Å². The molecule has 0 aromatic rings. The Hall–Kier alpha value is -0.600. The van der Waals surface area contributed by atoms with Crippen molar-refractivity contribution in [1.29, 1.82) is 0 Å². The molecule has 0 aliphatic heterocycles. The highest BCUT2D eigenvalue weighted by atomic mass is 16.3. The van der Waals surface area contributed by atoms with Crippen LogP contribution in [0.1, 0.15) is 12.8 Å². The number of aliphatic hydroxyl groups excluding tert-OH is 1. The first-order valence-electron chi connectivity index (χ1n) is 3.37. The maximum atomic E-state index is 8.96. The Balaban J connectivity index is 3.70. The first-order chi connectivity index (χ1) is 4.72. The average Bonchev–Trinajstić information content (AvgIpc) is 1.87. The molecule has 0 rings (SSSR count). The van der Waals surface area contributed by atoms with Gasteiger partial charge in [-0.3, -0.25) is 0 Å². The second-order valence-corrected chi connectivity index (χ2v) is 2.30. The summed E-state index contributed by atoms with van der Waals surface area (Å²) in [5.74, 6) is 0.0787. The normalized spacial score (nSPS) is 13.1. The molecule has 0 bridgehead atoms. The zero-order valence-corrected chi connectivity index (χ0v) is 6.16. The van der Waals surface area contributed by atoms with Crippen LogP contribution in [-0.4, -0.2) is 11.3 Å². The van der Waals surface area contributed by atoms with Gasteiger partial charge in [0.1, 0.15) is 6.23 Å². The van der Waals surface area contributed by atoms with Gasteiger partial charge in [0.2, 0.25) is 0 Å². The Morgan fingerprint density at radius 1 is 1.30 bits per heavy atom. The molecule has 0 aliphatic carbocycles. The summed E-state index contributed by atoms with van der Waals surface area (Å²) in [4.78, 5) is 0. The summed E-state index contributed by atoms with van der Waals surface area (Å²) in [6, 6.07) is 0. The molecule has 0 heterocycles. The second kappa shape index (κ2) is 5.21.